The SMILES string of the molecule is Cc1ccc(SCc2cccc(N)c2)c(F)c1[C@@H](O)O[C@]1(C(=O)CO)CC2[C@@H]3CCC4=CC(=O)C=C[C@]4(C)C3[C@@H](O)C[C@]2(C)C1. The maximum atomic E-state index is 16.0. The fourth-order valence-corrected chi connectivity index (χ4v) is 10.1. The number of fused-ring (bicyclic) bond motifs is 5. The summed E-state index contributed by atoms with van der Waals surface area (Å²) in [5.74, 6) is -0.919. The van der Waals surface area contributed by atoms with E-state index < -0.39 is 47.0 Å². The first-order chi connectivity index (χ1) is 21.3. The number of benzene rings is 2. The molecule has 2 aromatic rings. The van der Waals surface area contributed by atoms with Crippen LogP contribution < -0.4 is 5.73 Å². The Morgan fingerprint density at radius 3 is 2.73 bits per heavy atom. The van der Waals surface area contributed by atoms with Crippen LogP contribution in [0.25, 0.3) is 0 Å². The van der Waals surface area contributed by atoms with Gasteiger partial charge in [0.1, 0.15) is 18.0 Å². The number of thioether (sulfide) groups is 1. The Kier molecular flexibility index (Phi) is 8.40. The van der Waals surface area contributed by atoms with Gasteiger partial charge in [0.15, 0.2) is 17.9 Å². The van der Waals surface area contributed by atoms with Crippen molar-refractivity contribution in [1.82, 2.24) is 0 Å². The van der Waals surface area contributed by atoms with Crippen LogP contribution in [0, 0.1) is 41.3 Å². The number of carbonyl (C=O) groups is 2. The van der Waals surface area contributed by atoms with E-state index in [4.69, 9.17) is 10.5 Å². The fourth-order valence-electron chi connectivity index (χ4n) is 9.15. The highest BCUT2D eigenvalue weighted by Crippen LogP contribution is 2.67. The summed E-state index contributed by atoms with van der Waals surface area (Å²) in [6.07, 6.45) is 5.09. The smallest absolute Gasteiger partial charge is 0.190 e. The summed E-state index contributed by atoms with van der Waals surface area (Å²) in [6.45, 7) is 5.03. The van der Waals surface area contributed by atoms with Gasteiger partial charge in [0, 0.05) is 33.2 Å². The minimum Gasteiger partial charge on any atom is -0.399 e. The van der Waals surface area contributed by atoms with Crippen LogP contribution in [0.15, 0.2) is 65.1 Å². The van der Waals surface area contributed by atoms with Crippen molar-refractivity contribution in [2.24, 2.45) is 28.6 Å². The van der Waals surface area contributed by atoms with E-state index in [0.29, 0.717) is 34.7 Å². The van der Waals surface area contributed by atoms with Crippen LogP contribution in [-0.4, -0.2) is 45.2 Å². The molecule has 0 heterocycles. The van der Waals surface area contributed by atoms with Gasteiger partial charge >= 0.3 is 0 Å². The second kappa shape index (κ2) is 11.8. The molecule has 5 N–H and O–H groups in total. The van der Waals surface area contributed by atoms with E-state index in [1.807, 2.05) is 31.2 Å². The second-order valence-electron chi connectivity index (χ2n) is 14.0. The van der Waals surface area contributed by atoms with Gasteiger partial charge in [-0.05, 0) is 97.8 Å². The van der Waals surface area contributed by atoms with E-state index in [-0.39, 0.29) is 41.9 Å². The average Bonchev–Trinajstić information content (AvgIpc) is 3.29. The molecule has 0 radical (unpaired) electrons. The third kappa shape index (κ3) is 5.50. The van der Waals surface area contributed by atoms with Crippen LogP contribution in [0.4, 0.5) is 10.1 Å². The number of ether oxygens (including phenoxy) is 1. The Hall–Kier alpha value is -2.82. The van der Waals surface area contributed by atoms with E-state index in [1.54, 1.807) is 37.3 Å². The molecule has 0 saturated heterocycles. The van der Waals surface area contributed by atoms with Gasteiger partial charge in [-0.15, -0.1) is 11.8 Å². The zero-order chi connectivity index (χ0) is 32.3. The van der Waals surface area contributed by atoms with Crippen molar-refractivity contribution in [2.75, 3.05) is 12.3 Å². The quantitative estimate of drug-likeness (QED) is 0.168. The van der Waals surface area contributed by atoms with Crippen LogP contribution in [-0.2, 0) is 20.1 Å². The predicted molar refractivity (Wildman–Crippen MR) is 170 cm³/mol. The molecule has 240 valence electrons. The van der Waals surface area contributed by atoms with Crippen molar-refractivity contribution in [2.45, 2.75) is 81.5 Å². The number of Topliss-reactive ketones (excluding diaryl/α,β-unsaturated/α-hetero) is 1. The number of halogens is 1. The Bertz CT molecular complexity index is 1590. The molecule has 4 aliphatic rings. The highest BCUT2D eigenvalue weighted by molar-refractivity contribution is 7.98. The van der Waals surface area contributed by atoms with Crippen molar-refractivity contribution in [3.63, 3.8) is 0 Å². The lowest BCUT2D eigenvalue weighted by Crippen LogP contribution is -2.54. The lowest BCUT2D eigenvalue weighted by atomic mass is 9.47. The molecule has 2 aromatic carbocycles. The molecule has 3 fully saturated rings. The van der Waals surface area contributed by atoms with Crippen LogP contribution in [0.2, 0.25) is 0 Å². The third-order valence-electron chi connectivity index (χ3n) is 11.2. The van der Waals surface area contributed by atoms with Crippen LogP contribution in [0.5, 0.6) is 0 Å². The molecule has 4 aliphatic carbocycles. The van der Waals surface area contributed by atoms with Crippen LogP contribution >= 0.6 is 11.8 Å². The zero-order valence-corrected chi connectivity index (χ0v) is 26.8. The molecule has 45 heavy (non-hydrogen) atoms. The lowest BCUT2D eigenvalue weighted by molar-refractivity contribution is -0.199. The van der Waals surface area contributed by atoms with Crippen molar-refractivity contribution >= 4 is 29.0 Å². The summed E-state index contributed by atoms with van der Waals surface area (Å²) < 4.78 is 22.3. The largest absolute Gasteiger partial charge is 0.399 e. The molecule has 0 aliphatic heterocycles. The number of hydrogen-bond donors (Lipinski definition) is 4. The van der Waals surface area contributed by atoms with Gasteiger partial charge in [-0.25, -0.2) is 4.39 Å². The van der Waals surface area contributed by atoms with Gasteiger partial charge in [0.25, 0.3) is 0 Å². The predicted octanol–water partition coefficient (Wildman–Crippen LogP) is 5.60. The normalized spacial score (nSPS) is 34.5. The molecule has 0 aromatic heterocycles. The van der Waals surface area contributed by atoms with E-state index in [1.165, 1.54) is 11.8 Å². The number of aliphatic hydroxyl groups is 3. The monoisotopic (exact) mass is 635 g/mol. The molecular weight excluding hydrogens is 593 g/mol. The minimum atomic E-state index is -1.75. The summed E-state index contributed by atoms with van der Waals surface area (Å²) in [5, 5.41) is 33.3. The molecule has 2 unspecified atom stereocenters. The minimum absolute atomic E-state index is 0.0260. The third-order valence-corrected chi connectivity index (χ3v) is 12.3. The molecule has 7 nitrogen and oxygen atoms in total. The standard InChI is InChI=1S/C36H42FNO6S/c1-20-7-10-28(45-18-21-5-4-6-23(38)13-21)32(37)30(20)33(43)44-36(29(42)17-39)15-26-25-9-8-22-14-24(40)11-12-35(22,3)31(25)27(41)16-34(26,2)19-36/h4-7,10-14,25-27,31,33,39,41,43H,8-9,15-19,38H2,1-3H3/t25-,26?,27-,31?,33-,34+,35-,36+/m0/s1. The molecule has 0 amide bonds. The van der Waals surface area contributed by atoms with Crippen molar-refractivity contribution in [3.8, 4) is 0 Å². The van der Waals surface area contributed by atoms with Gasteiger partial charge in [-0.1, -0.05) is 43.7 Å². The number of aryl methyl sites for hydroxylation is 1. The molecular formula is C36H42FNO6S. The van der Waals surface area contributed by atoms with Gasteiger partial charge in [0.2, 0.25) is 0 Å². The zero-order valence-electron chi connectivity index (χ0n) is 26.0. The molecule has 3 saturated carbocycles. The first-order valence-electron chi connectivity index (χ1n) is 15.7. The van der Waals surface area contributed by atoms with Crippen molar-refractivity contribution in [3.05, 3.63) is 82.7 Å². The first kappa shape index (κ1) is 32.1. The number of aliphatic hydroxyl groups excluding tert-OH is 3. The first-order valence-corrected chi connectivity index (χ1v) is 16.7. The van der Waals surface area contributed by atoms with Gasteiger partial charge in [-0.3, -0.25) is 9.59 Å². The molecule has 9 heteroatoms. The Balaban J connectivity index is 1.29. The number of nitrogens with two attached hydrogens (primary N) is 1. The Morgan fingerprint density at radius 1 is 1.22 bits per heavy atom. The molecule has 8 atom stereocenters. The summed E-state index contributed by atoms with van der Waals surface area (Å²) in [5.41, 5.74) is 6.38. The highest BCUT2D eigenvalue weighted by Gasteiger charge is 2.65. The Labute approximate surface area is 267 Å². The molecule has 0 bridgehead atoms. The second-order valence-corrected chi connectivity index (χ2v) is 15.0. The Morgan fingerprint density at radius 2 is 2.00 bits per heavy atom. The maximum Gasteiger partial charge on any atom is 0.190 e. The molecule has 0 spiro atoms. The van der Waals surface area contributed by atoms with E-state index in [0.717, 1.165) is 17.6 Å². The van der Waals surface area contributed by atoms with Crippen LogP contribution in [0.3, 0.4) is 0 Å². The van der Waals surface area contributed by atoms with Gasteiger partial charge < -0.3 is 25.8 Å². The van der Waals surface area contributed by atoms with Crippen molar-refractivity contribution in [1.29, 1.82) is 0 Å². The summed E-state index contributed by atoms with van der Waals surface area (Å²) in [7, 11) is 0. The summed E-state index contributed by atoms with van der Waals surface area (Å²) in [4.78, 5) is 26.1. The molecule has 6 rings (SSSR count). The summed E-state index contributed by atoms with van der Waals surface area (Å²) >= 11 is 1.28. The highest BCUT2D eigenvalue weighted by atomic mass is 32.2. The number of nitrogen functional groups attached to an aromatic ring is 1. The number of ketones is 2. The number of allylic oxidation sites excluding steroid dienone is 4. The van der Waals surface area contributed by atoms with Gasteiger partial charge in [-0.2, -0.15) is 0 Å². The average molecular weight is 636 g/mol. The van der Waals surface area contributed by atoms with E-state index in [2.05, 4.69) is 6.92 Å². The van der Waals surface area contributed by atoms with E-state index >= 15 is 4.39 Å². The number of rotatable bonds is 8. The van der Waals surface area contributed by atoms with E-state index in [9.17, 15) is 24.9 Å². The summed E-state index contributed by atoms with van der Waals surface area (Å²) in [6, 6.07) is 10.8. The van der Waals surface area contributed by atoms with Crippen molar-refractivity contribution < 1.29 is 34.0 Å². The fraction of sp³-hybridized carbons (Fsp3) is 0.500. The number of anilines is 1. The lowest BCUT2D eigenvalue weighted by Gasteiger charge is -2.57. The maximum absolute atomic E-state index is 16.0. The number of carbonyl (C=O) groups excluding carboxylic acids is 2. The van der Waals surface area contributed by atoms with Gasteiger partial charge in [0.05, 0.1) is 6.10 Å². The topological polar surface area (TPSA) is 130 Å². The van der Waals surface area contributed by atoms with Crippen LogP contribution in [0.1, 0.15) is 68.9 Å². The number of hydrogen-bond acceptors (Lipinski definition) is 8.